The number of ether oxygens (including phenoxy) is 4. The molecule has 6 N–H and O–H groups in total. The highest BCUT2D eigenvalue weighted by molar-refractivity contribution is 5.98. The molecule has 0 spiro atoms. The molecule has 0 bridgehead atoms. The van der Waals surface area contributed by atoms with Crippen LogP contribution in [0, 0.1) is 0 Å². The van der Waals surface area contributed by atoms with Gasteiger partial charge in [0.05, 0.1) is 28.4 Å². The fraction of sp³-hybridized carbons (Fsp3) is 0.472. The van der Waals surface area contributed by atoms with Crippen molar-refractivity contribution in [2.75, 3.05) is 103 Å². The fourth-order valence-corrected chi connectivity index (χ4v) is 7.22. The van der Waals surface area contributed by atoms with Crippen molar-refractivity contribution in [2.45, 2.75) is 86.7 Å². The predicted octanol–water partition coefficient (Wildman–Crippen LogP) is 9.40. The first-order chi connectivity index (χ1) is 34.8. The summed E-state index contributed by atoms with van der Waals surface area (Å²) in [6.45, 7) is 25.7. The number of piperazine rings is 1. The van der Waals surface area contributed by atoms with E-state index in [1.165, 1.54) is 0 Å². The monoisotopic (exact) mass is 1010 g/mol. The van der Waals surface area contributed by atoms with E-state index in [0.717, 1.165) is 67.6 Å². The molecule has 20 heteroatoms. The molecule has 73 heavy (non-hydrogen) atoms. The third-order valence-electron chi connectivity index (χ3n) is 10.7. The molecule has 1 saturated heterocycles. The van der Waals surface area contributed by atoms with Crippen LogP contribution >= 0.6 is 0 Å². The third kappa shape index (κ3) is 17.7. The number of amides is 4. The first kappa shape index (κ1) is 58.3. The van der Waals surface area contributed by atoms with Crippen LogP contribution in [0.5, 0.6) is 23.0 Å². The minimum atomic E-state index is -0.413. The maximum atomic E-state index is 12.8. The summed E-state index contributed by atoms with van der Waals surface area (Å²) in [4.78, 5) is 57.4. The van der Waals surface area contributed by atoms with Crippen molar-refractivity contribution in [3.8, 4) is 45.3 Å². The zero-order chi connectivity index (χ0) is 53.9. The summed E-state index contributed by atoms with van der Waals surface area (Å²) in [5.74, 6) is 4.18. The number of carbonyl (C=O) groups excluding carboxylic acids is 2. The van der Waals surface area contributed by atoms with Gasteiger partial charge in [0.25, 0.3) is 0 Å². The van der Waals surface area contributed by atoms with Crippen LogP contribution in [0.15, 0.2) is 60.9 Å². The number of hydrogen-bond donors (Lipinski definition) is 6. The predicted molar refractivity (Wildman–Crippen MR) is 295 cm³/mol. The van der Waals surface area contributed by atoms with E-state index >= 15 is 0 Å². The third-order valence-corrected chi connectivity index (χ3v) is 10.7. The van der Waals surface area contributed by atoms with Gasteiger partial charge in [0.2, 0.25) is 11.9 Å². The van der Waals surface area contributed by atoms with E-state index in [1.807, 2.05) is 106 Å². The lowest BCUT2D eigenvalue weighted by Gasteiger charge is -2.32. The Hall–Kier alpha value is -7.32. The molecule has 396 valence electrons. The van der Waals surface area contributed by atoms with Crippen LogP contribution in [-0.2, 0) is 0 Å². The standard InChI is InChI=1S/C28H40N8O3.C21H26N6O3.2C2H6/c1-28(2,3)34-27(37)33-25-23(19-14-21(38-5)17-22(15-19)39-6)16-20-18-30-26(32-24(20)31-25)29-8-7-9-36-12-10-35(4)11-13-36;1-21(2,3)27-20(28)26-18-16(12-7-14(29-5)10-15(8-12)30-6)9-13-11-23-19(22-4)25-17(13)24-18;2*1-2/h14-18H,7-13H2,1-6H3,(H3,29,30,31,32,33,34,37);7-11H,1-6H3,(H3,22,23,24,25,26,27,28);2*1-2H3. The summed E-state index contributed by atoms with van der Waals surface area (Å²) in [5.41, 5.74) is 3.05. The minimum Gasteiger partial charge on any atom is -0.497 e. The van der Waals surface area contributed by atoms with Crippen molar-refractivity contribution in [1.29, 1.82) is 0 Å². The van der Waals surface area contributed by atoms with Crippen LogP contribution in [0.3, 0.4) is 0 Å². The van der Waals surface area contributed by atoms with Gasteiger partial charge in [-0.1, -0.05) is 27.7 Å². The lowest BCUT2D eigenvalue weighted by Crippen LogP contribution is -2.44. The molecule has 1 aliphatic heterocycles. The van der Waals surface area contributed by atoms with Gasteiger partial charge in [-0.25, -0.2) is 29.5 Å². The SMILES string of the molecule is CC.CC.CNc1ncc2cc(-c3cc(OC)cc(OC)c3)c(NC(=O)NC(C)(C)C)nc2n1.COc1cc(OC)cc(-c2cc3cnc(NCCCN4CCN(C)CC4)nc3nc2NC(=O)NC(C)(C)C)c1. The van der Waals surface area contributed by atoms with Crippen molar-refractivity contribution in [1.82, 2.24) is 50.3 Å². The van der Waals surface area contributed by atoms with Gasteiger partial charge in [-0.15, -0.1) is 0 Å². The lowest BCUT2D eigenvalue weighted by atomic mass is 10.0. The molecule has 4 amide bonds. The number of nitrogens with one attached hydrogen (secondary N) is 6. The van der Waals surface area contributed by atoms with Gasteiger partial charge in [0, 0.05) is 97.3 Å². The van der Waals surface area contributed by atoms with E-state index in [1.54, 1.807) is 60.0 Å². The van der Waals surface area contributed by atoms with Crippen LogP contribution in [0.25, 0.3) is 44.3 Å². The Morgan fingerprint density at radius 1 is 0.575 bits per heavy atom. The molecular formula is C53H78N14O6. The Bertz CT molecular complexity index is 2690. The van der Waals surface area contributed by atoms with Crippen LogP contribution in [-0.4, -0.2) is 145 Å². The van der Waals surface area contributed by atoms with Crippen molar-refractivity contribution in [2.24, 2.45) is 0 Å². The first-order valence-corrected chi connectivity index (χ1v) is 24.7. The van der Waals surface area contributed by atoms with Crippen LogP contribution in [0.2, 0.25) is 0 Å². The summed E-state index contributed by atoms with van der Waals surface area (Å²) >= 11 is 0. The molecule has 0 unspecified atom stereocenters. The second-order valence-corrected chi connectivity index (χ2v) is 18.5. The summed E-state index contributed by atoms with van der Waals surface area (Å²) in [6, 6.07) is 14.1. The zero-order valence-corrected chi connectivity index (χ0v) is 45.8. The summed E-state index contributed by atoms with van der Waals surface area (Å²) in [5, 5.41) is 19.2. The molecule has 0 aliphatic carbocycles. The number of nitrogens with zero attached hydrogens (tertiary/aromatic N) is 8. The van der Waals surface area contributed by atoms with Crippen LogP contribution < -0.4 is 50.8 Å². The number of pyridine rings is 2. The molecule has 4 aromatic heterocycles. The molecule has 0 radical (unpaired) electrons. The van der Waals surface area contributed by atoms with Crippen molar-refractivity contribution in [3.05, 3.63) is 60.9 Å². The normalized spacial score (nSPS) is 12.6. The van der Waals surface area contributed by atoms with Crippen molar-refractivity contribution < 1.29 is 28.5 Å². The topological polar surface area (TPSA) is 227 Å². The van der Waals surface area contributed by atoms with E-state index in [-0.39, 0.29) is 12.1 Å². The highest BCUT2D eigenvalue weighted by Gasteiger charge is 2.21. The highest BCUT2D eigenvalue weighted by atomic mass is 16.5. The van der Waals surface area contributed by atoms with Gasteiger partial charge >= 0.3 is 12.1 Å². The Balaban J connectivity index is 0.000000305. The fourth-order valence-electron chi connectivity index (χ4n) is 7.22. The first-order valence-electron chi connectivity index (χ1n) is 24.7. The number of likely N-dealkylation sites (N-methyl/N-ethyl adjacent to an activating group) is 1. The quantitative estimate of drug-likeness (QED) is 0.0559. The second kappa shape index (κ2) is 27.5. The number of urea groups is 2. The lowest BCUT2D eigenvalue weighted by molar-refractivity contribution is 0.154. The summed E-state index contributed by atoms with van der Waals surface area (Å²) < 4.78 is 21.7. The summed E-state index contributed by atoms with van der Waals surface area (Å²) in [6.07, 6.45) is 4.42. The number of benzene rings is 2. The van der Waals surface area contributed by atoms with E-state index in [2.05, 4.69) is 73.7 Å². The van der Waals surface area contributed by atoms with Gasteiger partial charge in [0.1, 0.15) is 34.6 Å². The van der Waals surface area contributed by atoms with Gasteiger partial charge in [-0.2, -0.15) is 9.97 Å². The second-order valence-electron chi connectivity index (χ2n) is 18.5. The number of fused-ring (bicyclic) bond motifs is 2. The highest BCUT2D eigenvalue weighted by Crippen LogP contribution is 2.37. The Kier molecular flexibility index (Phi) is 21.9. The van der Waals surface area contributed by atoms with Crippen LogP contribution in [0.4, 0.5) is 33.1 Å². The molecule has 0 atom stereocenters. The van der Waals surface area contributed by atoms with Crippen LogP contribution in [0.1, 0.15) is 75.7 Å². The molecule has 1 fully saturated rings. The molecule has 1 aliphatic rings. The smallest absolute Gasteiger partial charge is 0.320 e. The maximum absolute atomic E-state index is 12.8. The number of aromatic nitrogens is 6. The maximum Gasteiger partial charge on any atom is 0.320 e. The Morgan fingerprint density at radius 2 is 0.973 bits per heavy atom. The molecule has 6 aromatic rings. The number of methoxy groups -OCH3 is 4. The molecular weight excluding hydrogens is 929 g/mol. The van der Waals surface area contributed by atoms with Crippen molar-refractivity contribution >= 4 is 57.7 Å². The molecule has 0 saturated carbocycles. The molecule has 20 nitrogen and oxygen atoms in total. The van der Waals surface area contributed by atoms with Gasteiger partial charge < -0.3 is 50.0 Å². The van der Waals surface area contributed by atoms with Gasteiger partial charge in [0.15, 0.2) is 11.3 Å². The molecule has 2 aromatic carbocycles. The number of rotatable bonds is 14. The number of carbonyl (C=O) groups is 2. The van der Waals surface area contributed by atoms with E-state index in [0.29, 0.717) is 69.0 Å². The average molecular weight is 1010 g/mol. The molecule has 5 heterocycles. The number of hydrogen-bond acceptors (Lipinski definition) is 16. The van der Waals surface area contributed by atoms with E-state index < -0.39 is 11.1 Å². The average Bonchev–Trinajstić information content (AvgIpc) is 3.37. The van der Waals surface area contributed by atoms with Gasteiger partial charge in [-0.3, -0.25) is 10.6 Å². The zero-order valence-electron chi connectivity index (χ0n) is 45.8. The number of anilines is 4. The molecule has 7 rings (SSSR count). The van der Waals surface area contributed by atoms with E-state index in [9.17, 15) is 9.59 Å². The Labute approximate surface area is 431 Å². The van der Waals surface area contributed by atoms with E-state index in [4.69, 9.17) is 23.9 Å². The largest absolute Gasteiger partial charge is 0.497 e. The van der Waals surface area contributed by atoms with Gasteiger partial charge in [-0.05, 0) is 109 Å². The summed E-state index contributed by atoms with van der Waals surface area (Å²) in [7, 11) is 10.3. The minimum absolute atomic E-state index is 0.359. The Morgan fingerprint density at radius 3 is 1.36 bits per heavy atom. The van der Waals surface area contributed by atoms with Crippen molar-refractivity contribution in [3.63, 3.8) is 0 Å².